The van der Waals surface area contributed by atoms with Crippen LogP contribution in [0.3, 0.4) is 0 Å². The number of anilines is 1. The maximum Gasteiger partial charge on any atom is 0.238 e. The summed E-state index contributed by atoms with van der Waals surface area (Å²) in [6.07, 6.45) is 1.85. The molecule has 2 N–H and O–H groups in total. The van der Waals surface area contributed by atoms with E-state index in [9.17, 15) is 4.79 Å². The number of rotatable bonds is 5. The van der Waals surface area contributed by atoms with Crippen LogP contribution in [0.15, 0.2) is 24.3 Å². The Balaban J connectivity index is 1.86. The molecule has 0 atom stereocenters. The van der Waals surface area contributed by atoms with E-state index in [-0.39, 0.29) is 18.0 Å². The number of hydrogen-bond acceptors (Lipinski definition) is 4. The molecule has 1 aliphatic heterocycles. The Hall–Kier alpha value is -1.59. The maximum absolute atomic E-state index is 12.0. The minimum Gasteiger partial charge on any atom is -0.495 e. The summed E-state index contributed by atoms with van der Waals surface area (Å²) in [6.45, 7) is 3.91. The van der Waals surface area contributed by atoms with Crippen molar-refractivity contribution < 1.29 is 14.3 Å². The first-order chi connectivity index (χ1) is 9.63. The number of amides is 1. The maximum atomic E-state index is 12.0. The van der Waals surface area contributed by atoms with Gasteiger partial charge in [-0.1, -0.05) is 12.1 Å². The quantitative estimate of drug-likeness (QED) is 0.862. The lowest BCUT2D eigenvalue weighted by Gasteiger charge is -2.34. The number of ether oxygens (including phenoxy) is 2. The Morgan fingerprint density at radius 2 is 2.05 bits per heavy atom. The molecule has 0 radical (unpaired) electrons. The van der Waals surface area contributed by atoms with E-state index in [1.54, 1.807) is 7.11 Å². The van der Waals surface area contributed by atoms with Crippen molar-refractivity contribution in [1.29, 1.82) is 0 Å². The third kappa shape index (κ3) is 3.95. The number of methoxy groups -OCH3 is 1. The molecule has 1 aromatic carbocycles. The highest BCUT2D eigenvalue weighted by Crippen LogP contribution is 2.23. The van der Waals surface area contributed by atoms with Gasteiger partial charge in [-0.3, -0.25) is 4.79 Å². The second-order valence-corrected chi connectivity index (χ2v) is 5.28. The summed E-state index contributed by atoms with van der Waals surface area (Å²) in [6, 6.07) is 7.39. The zero-order valence-electron chi connectivity index (χ0n) is 12.1. The molecule has 0 bridgehead atoms. The third-order valence-corrected chi connectivity index (χ3v) is 3.65. The normalized spacial score (nSPS) is 17.5. The van der Waals surface area contributed by atoms with Crippen LogP contribution in [0.5, 0.6) is 5.75 Å². The molecule has 0 spiro atoms. The van der Waals surface area contributed by atoms with Gasteiger partial charge in [-0.05, 0) is 31.9 Å². The van der Waals surface area contributed by atoms with Gasteiger partial charge in [0.2, 0.25) is 5.91 Å². The predicted octanol–water partition coefficient (Wildman–Crippen LogP) is 1.79. The van der Waals surface area contributed by atoms with Crippen LogP contribution in [0.4, 0.5) is 5.69 Å². The number of nitrogens with one attached hydrogen (secondary N) is 2. The standard InChI is InChI=1S/C15H22N2O3/c1-15(7-9-20-10-8-15)16-11-14(18)17-12-5-3-4-6-13(12)19-2/h3-6,16H,7-11H2,1-2H3,(H,17,18). The van der Waals surface area contributed by atoms with E-state index in [0.29, 0.717) is 11.4 Å². The molecule has 0 saturated carbocycles. The Morgan fingerprint density at radius 1 is 1.35 bits per heavy atom. The first-order valence-corrected chi connectivity index (χ1v) is 6.89. The van der Waals surface area contributed by atoms with Crippen molar-refractivity contribution in [3.8, 4) is 5.75 Å². The van der Waals surface area contributed by atoms with Crippen molar-refractivity contribution in [1.82, 2.24) is 5.32 Å². The summed E-state index contributed by atoms with van der Waals surface area (Å²) in [4.78, 5) is 12.0. The minimum absolute atomic E-state index is 0.0175. The molecule has 2 rings (SSSR count). The van der Waals surface area contributed by atoms with E-state index in [0.717, 1.165) is 26.1 Å². The molecule has 5 heteroatoms. The topological polar surface area (TPSA) is 59.6 Å². The van der Waals surface area contributed by atoms with Gasteiger partial charge in [0.25, 0.3) is 0 Å². The summed E-state index contributed by atoms with van der Waals surface area (Å²) in [5.74, 6) is 0.598. The highest BCUT2D eigenvalue weighted by atomic mass is 16.5. The van der Waals surface area contributed by atoms with Gasteiger partial charge in [0.1, 0.15) is 5.75 Å². The number of carbonyl (C=O) groups excluding carboxylic acids is 1. The summed E-state index contributed by atoms with van der Waals surface area (Å²) in [5, 5.41) is 6.18. The molecule has 1 amide bonds. The van der Waals surface area contributed by atoms with E-state index >= 15 is 0 Å². The Labute approximate surface area is 119 Å². The van der Waals surface area contributed by atoms with Crippen molar-refractivity contribution in [2.75, 3.05) is 32.2 Å². The molecular weight excluding hydrogens is 256 g/mol. The van der Waals surface area contributed by atoms with Crippen molar-refractivity contribution >= 4 is 11.6 Å². The molecule has 1 heterocycles. The fraction of sp³-hybridized carbons (Fsp3) is 0.533. The van der Waals surface area contributed by atoms with Gasteiger partial charge in [0, 0.05) is 18.8 Å². The lowest BCUT2D eigenvalue weighted by molar-refractivity contribution is -0.116. The van der Waals surface area contributed by atoms with E-state index < -0.39 is 0 Å². The Kier molecular flexibility index (Phi) is 4.98. The highest BCUT2D eigenvalue weighted by Gasteiger charge is 2.27. The van der Waals surface area contributed by atoms with Gasteiger partial charge in [0.15, 0.2) is 0 Å². The molecule has 1 aliphatic rings. The minimum atomic E-state index is -0.0674. The molecule has 20 heavy (non-hydrogen) atoms. The molecule has 0 aromatic heterocycles. The van der Waals surface area contributed by atoms with Crippen LogP contribution in [0.25, 0.3) is 0 Å². The van der Waals surface area contributed by atoms with E-state index in [1.807, 2.05) is 24.3 Å². The fourth-order valence-electron chi connectivity index (χ4n) is 2.23. The van der Waals surface area contributed by atoms with E-state index in [2.05, 4.69) is 17.6 Å². The van der Waals surface area contributed by atoms with Crippen LogP contribution in [0.2, 0.25) is 0 Å². The molecule has 0 unspecified atom stereocenters. The highest BCUT2D eigenvalue weighted by molar-refractivity contribution is 5.93. The van der Waals surface area contributed by atoms with Gasteiger partial charge in [-0.2, -0.15) is 0 Å². The second-order valence-electron chi connectivity index (χ2n) is 5.28. The number of hydrogen-bond donors (Lipinski definition) is 2. The molecular formula is C15H22N2O3. The summed E-state index contributed by atoms with van der Waals surface area (Å²) >= 11 is 0. The van der Waals surface area contributed by atoms with Gasteiger partial charge in [-0.25, -0.2) is 0 Å². The van der Waals surface area contributed by atoms with Crippen LogP contribution >= 0.6 is 0 Å². The molecule has 1 fully saturated rings. The molecule has 0 aliphatic carbocycles. The lowest BCUT2D eigenvalue weighted by Crippen LogP contribution is -2.49. The zero-order chi connectivity index (χ0) is 14.4. The molecule has 1 aromatic rings. The largest absolute Gasteiger partial charge is 0.495 e. The molecule has 5 nitrogen and oxygen atoms in total. The van der Waals surface area contributed by atoms with Crippen molar-refractivity contribution in [2.45, 2.75) is 25.3 Å². The van der Waals surface area contributed by atoms with Crippen LogP contribution in [-0.2, 0) is 9.53 Å². The Morgan fingerprint density at radius 3 is 2.75 bits per heavy atom. The van der Waals surface area contributed by atoms with Crippen molar-refractivity contribution in [3.05, 3.63) is 24.3 Å². The van der Waals surface area contributed by atoms with Gasteiger partial charge < -0.3 is 20.1 Å². The Bertz CT molecular complexity index is 456. The van der Waals surface area contributed by atoms with Crippen LogP contribution in [0.1, 0.15) is 19.8 Å². The first-order valence-electron chi connectivity index (χ1n) is 6.89. The van der Waals surface area contributed by atoms with Gasteiger partial charge >= 0.3 is 0 Å². The average molecular weight is 278 g/mol. The SMILES string of the molecule is COc1ccccc1NC(=O)CNC1(C)CCOCC1. The number of benzene rings is 1. The van der Waals surface area contributed by atoms with Crippen molar-refractivity contribution in [2.24, 2.45) is 0 Å². The fourth-order valence-corrected chi connectivity index (χ4v) is 2.23. The first kappa shape index (κ1) is 14.8. The third-order valence-electron chi connectivity index (χ3n) is 3.65. The molecule has 1 saturated heterocycles. The van der Waals surface area contributed by atoms with E-state index in [4.69, 9.17) is 9.47 Å². The zero-order valence-corrected chi connectivity index (χ0v) is 12.1. The average Bonchev–Trinajstić information content (AvgIpc) is 2.47. The number of para-hydroxylation sites is 2. The summed E-state index contributed by atoms with van der Waals surface area (Å²) < 4.78 is 10.5. The van der Waals surface area contributed by atoms with Crippen LogP contribution in [0, 0.1) is 0 Å². The monoisotopic (exact) mass is 278 g/mol. The summed E-state index contributed by atoms with van der Waals surface area (Å²) in [5.41, 5.74) is 0.676. The molecule has 110 valence electrons. The smallest absolute Gasteiger partial charge is 0.238 e. The second kappa shape index (κ2) is 6.72. The number of carbonyl (C=O) groups is 1. The van der Waals surface area contributed by atoms with Gasteiger partial charge in [-0.15, -0.1) is 0 Å². The van der Waals surface area contributed by atoms with Crippen LogP contribution < -0.4 is 15.4 Å². The predicted molar refractivity (Wildman–Crippen MR) is 78.1 cm³/mol. The lowest BCUT2D eigenvalue weighted by atomic mass is 9.92. The summed E-state index contributed by atoms with van der Waals surface area (Å²) in [7, 11) is 1.59. The van der Waals surface area contributed by atoms with Crippen molar-refractivity contribution in [3.63, 3.8) is 0 Å². The van der Waals surface area contributed by atoms with Crippen LogP contribution in [-0.4, -0.2) is 38.3 Å². The van der Waals surface area contributed by atoms with Gasteiger partial charge in [0.05, 0.1) is 19.3 Å². The van der Waals surface area contributed by atoms with E-state index in [1.165, 1.54) is 0 Å².